The molecule has 0 amide bonds. The molecule has 0 N–H and O–H groups in total. The van der Waals surface area contributed by atoms with Gasteiger partial charge in [-0.2, -0.15) is 19.8 Å². The minimum absolute atomic E-state index is 0.0767. The van der Waals surface area contributed by atoms with Crippen molar-refractivity contribution in [1.82, 2.24) is 60.0 Å². The Balaban J connectivity index is 1.44. The largest absolute Gasteiger partial charge is 0.226 e. The van der Waals surface area contributed by atoms with E-state index in [1.807, 2.05) is 85.6 Å². The first-order chi connectivity index (χ1) is 20.3. The third-order valence-electron chi connectivity index (χ3n) is 6.05. The van der Waals surface area contributed by atoms with E-state index in [2.05, 4.69) is 62.7 Å². The van der Waals surface area contributed by atoms with Crippen molar-refractivity contribution in [3.05, 3.63) is 69.9 Å². The topological polar surface area (TPSA) is 123 Å². The highest BCUT2D eigenvalue weighted by Gasteiger charge is 2.24. The molecule has 0 aliphatic carbocycles. The van der Waals surface area contributed by atoms with Crippen molar-refractivity contribution in [3.63, 3.8) is 0 Å². The first-order valence-corrected chi connectivity index (χ1v) is 16.6. The zero-order chi connectivity index (χ0) is 29.4. The van der Waals surface area contributed by atoms with E-state index in [9.17, 15) is 0 Å². The van der Waals surface area contributed by atoms with E-state index < -0.39 is 0 Å². The SMILES string of the molecule is CC(C)n1nnc(-c2cnn(-c3ccc(Br)cc3)c2SSc2c(-c3nnn(C(C)C)n3)cnn2-c2ccc(Br)cc2)n1. The maximum atomic E-state index is 4.72. The second kappa shape index (κ2) is 12.1. The van der Waals surface area contributed by atoms with Crippen LogP contribution in [-0.2, 0) is 0 Å². The smallest absolute Gasteiger partial charge is 0.209 e. The van der Waals surface area contributed by atoms with Crippen LogP contribution in [0.25, 0.3) is 34.2 Å². The molecule has 0 saturated carbocycles. The third-order valence-corrected chi connectivity index (χ3v) is 9.49. The van der Waals surface area contributed by atoms with Gasteiger partial charge in [-0.05, 0) is 108 Å². The maximum absolute atomic E-state index is 4.72. The van der Waals surface area contributed by atoms with E-state index in [0.29, 0.717) is 11.6 Å². The Kier molecular flexibility index (Phi) is 8.29. The molecule has 16 heteroatoms. The van der Waals surface area contributed by atoms with E-state index >= 15 is 0 Å². The molecular formula is C26H24Br2N12S2. The number of benzene rings is 2. The molecule has 42 heavy (non-hydrogen) atoms. The lowest BCUT2D eigenvalue weighted by Crippen LogP contribution is -2.04. The van der Waals surface area contributed by atoms with Crippen LogP contribution in [0.4, 0.5) is 0 Å². The summed E-state index contributed by atoms with van der Waals surface area (Å²) in [5.41, 5.74) is 3.32. The van der Waals surface area contributed by atoms with Crippen molar-refractivity contribution >= 4 is 53.4 Å². The summed E-state index contributed by atoms with van der Waals surface area (Å²) in [7, 11) is 3.04. The first kappa shape index (κ1) is 28.8. The van der Waals surface area contributed by atoms with Crippen molar-refractivity contribution in [2.45, 2.75) is 49.8 Å². The van der Waals surface area contributed by atoms with Crippen molar-refractivity contribution in [2.75, 3.05) is 0 Å². The van der Waals surface area contributed by atoms with E-state index in [1.165, 1.54) is 21.6 Å². The van der Waals surface area contributed by atoms with Crippen LogP contribution in [0.5, 0.6) is 0 Å². The number of aromatic nitrogens is 12. The molecule has 12 nitrogen and oxygen atoms in total. The van der Waals surface area contributed by atoms with Gasteiger partial charge in [0, 0.05) is 8.95 Å². The van der Waals surface area contributed by atoms with E-state index in [0.717, 1.165) is 41.5 Å². The minimum Gasteiger partial charge on any atom is -0.226 e. The Bertz CT molecular complexity index is 1690. The lowest BCUT2D eigenvalue weighted by atomic mass is 10.3. The quantitative estimate of drug-likeness (QED) is 0.146. The summed E-state index contributed by atoms with van der Waals surface area (Å²) in [6.07, 6.45) is 3.55. The Hall–Kier alpha value is -3.34. The van der Waals surface area contributed by atoms with Crippen molar-refractivity contribution < 1.29 is 0 Å². The maximum Gasteiger partial charge on any atom is 0.209 e. The minimum atomic E-state index is 0.0767. The van der Waals surface area contributed by atoms with Crippen LogP contribution in [0.1, 0.15) is 39.8 Å². The van der Waals surface area contributed by atoms with Crippen LogP contribution in [0.15, 0.2) is 79.9 Å². The van der Waals surface area contributed by atoms with Crippen LogP contribution in [0.2, 0.25) is 0 Å². The Labute approximate surface area is 265 Å². The Morgan fingerprint density at radius 1 is 0.595 bits per heavy atom. The van der Waals surface area contributed by atoms with E-state index in [4.69, 9.17) is 10.2 Å². The average molecular weight is 729 g/mol. The van der Waals surface area contributed by atoms with Crippen LogP contribution in [0.3, 0.4) is 0 Å². The molecule has 0 atom stereocenters. The van der Waals surface area contributed by atoms with E-state index in [1.54, 1.807) is 22.0 Å². The van der Waals surface area contributed by atoms with E-state index in [-0.39, 0.29) is 12.1 Å². The molecule has 4 heterocycles. The average Bonchev–Trinajstić information content (AvgIpc) is 3.78. The summed E-state index contributed by atoms with van der Waals surface area (Å²) in [5.74, 6) is 0.997. The monoisotopic (exact) mass is 726 g/mol. The predicted molar refractivity (Wildman–Crippen MR) is 169 cm³/mol. The van der Waals surface area contributed by atoms with Gasteiger partial charge in [-0.15, -0.1) is 20.4 Å². The van der Waals surface area contributed by atoms with Gasteiger partial charge in [0.2, 0.25) is 11.6 Å². The molecule has 0 spiro atoms. The summed E-state index contributed by atoms with van der Waals surface area (Å²) >= 11 is 7.05. The number of tetrazole rings is 2. The molecule has 0 aliphatic heterocycles. The summed E-state index contributed by atoms with van der Waals surface area (Å²) in [6, 6.07) is 16.1. The number of hydrogen-bond donors (Lipinski definition) is 0. The molecule has 2 aromatic carbocycles. The second-order valence-corrected chi connectivity index (χ2v) is 13.7. The molecule has 0 bridgehead atoms. The summed E-state index contributed by atoms with van der Waals surface area (Å²) < 4.78 is 5.72. The predicted octanol–water partition coefficient (Wildman–Crippen LogP) is 6.85. The van der Waals surface area contributed by atoms with Gasteiger partial charge in [-0.3, -0.25) is 0 Å². The molecule has 0 unspecified atom stereocenters. The highest BCUT2D eigenvalue weighted by atomic mass is 79.9. The summed E-state index contributed by atoms with van der Waals surface area (Å²) in [6.45, 7) is 8.04. The number of halogens is 2. The van der Waals surface area contributed by atoms with Crippen molar-refractivity contribution in [2.24, 2.45) is 0 Å². The van der Waals surface area contributed by atoms with Gasteiger partial charge >= 0.3 is 0 Å². The molecule has 0 saturated heterocycles. The molecule has 0 fully saturated rings. The first-order valence-electron chi connectivity index (χ1n) is 12.9. The van der Waals surface area contributed by atoms with Crippen molar-refractivity contribution in [1.29, 1.82) is 0 Å². The van der Waals surface area contributed by atoms with Gasteiger partial charge in [0.1, 0.15) is 10.1 Å². The third kappa shape index (κ3) is 5.80. The van der Waals surface area contributed by atoms with Crippen molar-refractivity contribution in [3.8, 4) is 34.2 Å². The van der Waals surface area contributed by atoms with Gasteiger partial charge in [0.15, 0.2) is 0 Å². The zero-order valence-electron chi connectivity index (χ0n) is 22.9. The van der Waals surface area contributed by atoms with Gasteiger partial charge in [-0.1, -0.05) is 31.9 Å². The highest BCUT2D eigenvalue weighted by molar-refractivity contribution is 9.10. The molecule has 6 rings (SSSR count). The van der Waals surface area contributed by atoms with Crippen LogP contribution in [0, 0.1) is 0 Å². The lowest BCUT2D eigenvalue weighted by Gasteiger charge is -2.11. The van der Waals surface area contributed by atoms with Gasteiger partial charge in [0.25, 0.3) is 0 Å². The molecule has 6 aromatic rings. The summed E-state index contributed by atoms with van der Waals surface area (Å²) in [5, 5.41) is 37.5. The normalized spacial score (nSPS) is 11.7. The number of nitrogens with zero attached hydrogens (tertiary/aromatic N) is 12. The molecule has 0 aliphatic rings. The molecular weight excluding hydrogens is 704 g/mol. The fraction of sp³-hybridized carbons (Fsp3) is 0.231. The zero-order valence-corrected chi connectivity index (χ0v) is 27.7. The fourth-order valence-corrected chi connectivity index (χ4v) is 6.89. The lowest BCUT2D eigenvalue weighted by molar-refractivity contribution is 0.455. The van der Waals surface area contributed by atoms with Gasteiger partial charge < -0.3 is 0 Å². The Morgan fingerprint density at radius 2 is 0.976 bits per heavy atom. The van der Waals surface area contributed by atoms with Crippen LogP contribution in [-0.4, -0.2) is 60.0 Å². The highest BCUT2D eigenvalue weighted by Crippen LogP contribution is 2.45. The van der Waals surface area contributed by atoms with Gasteiger partial charge in [-0.25, -0.2) is 9.36 Å². The Morgan fingerprint density at radius 3 is 1.31 bits per heavy atom. The standard InChI is InChI=1S/C26H24Br2N12S2/c1-15(2)39-33-23(31-35-39)21-13-29-37(19-9-5-17(27)6-10-19)25(21)41-42-26-22(24-32-36-40(34-24)16(3)4)14-30-38(26)20-11-7-18(28)8-12-20/h5-16H,1-4H3. The van der Waals surface area contributed by atoms with Crippen LogP contribution >= 0.6 is 53.4 Å². The number of hydrogen-bond acceptors (Lipinski definition) is 10. The fourth-order valence-electron chi connectivity index (χ4n) is 3.86. The molecule has 4 aromatic heterocycles. The molecule has 214 valence electrons. The number of rotatable bonds is 9. The van der Waals surface area contributed by atoms with Crippen LogP contribution < -0.4 is 0 Å². The molecule has 0 radical (unpaired) electrons. The summed E-state index contributed by atoms with van der Waals surface area (Å²) in [4.78, 5) is 3.19. The second-order valence-electron chi connectivity index (χ2n) is 9.72. The van der Waals surface area contributed by atoms with Gasteiger partial charge in [0.05, 0.1) is 47.0 Å².